The molecule has 2 heterocycles. The summed E-state index contributed by atoms with van der Waals surface area (Å²) in [5, 5.41) is 6.61. The van der Waals surface area contributed by atoms with Gasteiger partial charge in [-0.25, -0.2) is 14.4 Å². The van der Waals surface area contributed by atoms with E-state index in [0.29, 0.717) is 5.95 Å². The van der Waals surface area contributed by atoms with Crippen molar-refractivity contribution in [1.29, 1.82) is 0 Å². The molecule has 132 valence electrons. The first-order chi connectivity index (χ1) is 12.1. The summed E-state index contributed by atoms with van der Waals surface area (Å²) in [6.07, 6.45) is 12.7. The molecule has 6 nitrogen and oxygen atoms in total. The van der Waals surface area contributed by atoms with Gasteiger partial charge in [-0.05, 0) is 32.0 Å². The maximum atomic E-state index is 12.4. The highest BCUT2D eigenvalue weighted by Crippen LogP contribution is 2.05. The van der Waals surface area contributed by atoms with Crippen molar-refractivity contribution in [3.63, 3.8) is 0 Å². The zero-order valence-electron chi connectivity index (χ0n) is 14.3. The molecule has 0 aliphatic rings. The number of rotatable bonds is 10. The van der Waals surface area contributed by atoms with E-state index in [1.165, 1.54) is 11.6 Å². The average Bonchev–Trinajstić information content (AvgIpc) is 3.12. The molecule has 7 heteroatoms. The van der Waals surface area contributed by atoms with Crippen LogP contribution in [0.5, 0.6) is 0 Å². The van der Waals surface area contributed by atoms with Crippen LogP contribution in [0.25, 0.3) is 5.95 Å². The standard InChI is InChI=1S/C18H23FN6/c1-15(4-3-5-16(2)19)6-8-20-10-11-22-17-7-9-23-18(24-17)25-13-12-21-14-25/h3-5,7,9,12-14,20H,2,6,8,10-11H2,1H3,(H,22,23,24)/b5-3-,15-4+. The van der Waals surface area contributed by atoms with Crippen LogP contribution >= 0.6 is 0 Å². The fraction of sp³-hybridized carbons (Fsp3) is 0.278. The predicted octanol–water partition coefficient (Wildman–Crippen LogP) is 3.04. The number of nitrogens with zero attached hydrogens (tertiary/aromatic N) is 4. The van der Waals surface area contributed by atoms with Gasteiger partial charge in [0.15, 0.2) is 0 Å². The molecule has 0 amide bonds. The molecular formula is C18H23FN6. The molecule has 2 aromatic heterocycles. The van der Waals surface area contributed by atoms with E-state index in [1.54, 1.807) is 35.6 Å². The smallest absolute Gasteiger partial charge is 0.236 e. The van der Waals surface area contributed by atoms with Gasteiger partial charge < -0.3 is 10.6 Å². The predicted molar refractivity (Wildman–Crippen MR) is 98.3 cm³/mol. The summed E-state index contributed by atoms with van der Waals surface area (Å²) >= 11 is 0. The maximum Gasteiger partial charge on any atom is 0.236 e. The Balaban J connectivity index is 1.65. The van der Waals surface area contributed by atoms with Crippen LogP contribution in [0, 0.1) is 0 Å². The monoisotopic (exact) mass is 342 g/mol. The number of nitrogens with one attached hydrogen (secondary N) is 2. The van der Waals surface area contributed by atoms with E-state index in [4.69, 9.17) is 0 Å². The van der Waals surface area contributed by atoms with Crippen molar-refractivity contribution in [2.24, 2.45) is 0 Å². The fourth-order valence-corrected chi connectivity index (χ4v) is 2.04. The van der Waals surface area contributed by atoms with Gasteiger partial charge in [-0.1, -0.05) is 24.3 Å². The average molecular weight is 342 g/mol. The summed E-state index contributed by atoms with van der Waals surface area (Å²) in [5.41, 5.74) is 1.18. The number of hydrogen-bond acceptors (Lipinski definition) is 5. The number of imidazole rings is 1. The van der Waals surface area contributed by atoms with Crippen LogP contribution in [0.4, 0.5) is 10.2 Å². The molecule has 0 saturated carbocycles. The lowest BCUT2D eigenvalue weighted by Crippen LogP contribution is -2.23. The Hall–Kier alpha value is -2.80. The SMILES string of the molecule is C=C(F)/C=C\C=C(/C)CCNCCNc1ccnc(-n2ccnc2)n1. The van der Waals surface area contributed by atoms with E-state index < -0.39 is 5.83 Å². The topological polar surface area (TPSA) is 67.7 Å². The Labute approximate surface area is 147 Å². The highest BCUT2D eigenvalue weighted by Gasteiger charge is 2.00. The molecule has 0 fully saturated rings. The number of allylic oxidation sites excluding steroid dienone is 4. The number of hydrogen-bond donors (Lipinski definition) is 2. The van der Waals surface area contributed by atoms with Gasteiger partial charge in [0.2, 0.25) is 5.95 Å². The molecular weight excluding hydrogens is 319 g/mol. The second-order valence-corrected chi connectivity index (χ2v) is 5.46. The van der Waals surface area contributed by atoms with Crippen LogP contribution < -0.4 is 10.6 Å². The Bertz CT molecular complexity index is 721. The quantitative estimate of drug-likeness (QED) is 0.513. The lowest BCUT2D eigenvalue weighted by Gasteiger charge is -2.08. The lowest BCUT2D eigenvalue weighted by molar-refractivity contribution is 0.671. The Morgan fingerprint density at radius 3 is 2.96 bits per heavy atom. The van der Waals surface area contributed by atoms with Gasteiger partial charge in [-0.15, -0.1) is 0 Å². The second kappa shape index (κ2) is 10.1. The Morgan fingerprint density at radius 1 is 1.32 bits per heavy atom. The summed E-state index contributed by atoms with van der Waals surface area (Å²) in [4.78, 5) is 12.6. The fourth-order valence-electron chi connectivity index (χ4n) is 2.04. The van der Waals surface area contributed by atoms with Crippen LogP contribution in [0.3, 0.4) is 0 Å². The van der Waals surface area contributed by atoms with Crippen molar-refractivity contribution in [3.05, 3.63) is 67.2 Å². The summed E-state index contributed by atoms with van der Waals surface area (Å²) in [5.74, 6) is 0.919. The Morgan fingerprint density at radius 2 is 2.20 bits per heavy atom. The molecule has 0 atom stereocenters. The first kappa shape index (κ1) is 18.5. The van der Waals surface area contributed by atoms with Crippen molar-refractivity contribution >= 4 is 5.82 Å². The minimum atomic E-state index is -0.436. The van der Waals surface area contributed by atoms with Crippen LogP contribution in [0.15, 0.2) is 67.2 Å². The summed E-state index contributed by atoms with van der Waals surface area (Å²) < 4.78 is 14.2. The van der Waals surface area contributed by atoms with Crippen LogP contribution in [-0.4, -0.2) is 39.2 Å². The van der Waals surface area contributed by atoms with Gasteiger partial charge in [-0.3, -0.25) is 4.57 Å². The zero-order valence-corrected chi connectivity index (χ0v) is 14.3. The number of aromatic nitrogens is 4. The van der Waals surface area contributed by atoms with Crippen LogP contribution in [0.1, 0.15) is 13.3 Å². The first-order valence-electron chi connectivity index (χ1n) is 8.09. The van der Waals surface area contributed by atoms with Crippen molar-refractivity contribution in [2.45, 2.75) is 13.3 Å². The molecule has 2 N–H and O–H groups in total. The molecule has 25 heavy (non-hydrogen) atoms. The van der Waals surface area contributed by atoms with Gasteiger partial charge in [0.25, 0.3) is 0 Å². The number of halogens is 1. The van der Waals surface area contributed by atoms with E-state index in [1.807, 2.05) is 19.1 Å². The molecule has 0 aliphatic carbocycles. The van der Waals surface area contributed by atoms with Gasteiger partial charge in [-0.2, -0.15) is 4.98 Å². The lowest BCUT2D eigenvalue weighted by atomic mass is 10.2. The molecule has 0 saturated heterocycles. The van der Waals surface area contributed by atoms with Crippen LogP contribution in [-0.2, 0) is 0 Å². The van der Waals surface area contributed by atoms with Gasteiger partial charge in [0.05, 0.1) is 0 Å². The molecule has 0 spiro atoms. The third kappa shape index (κ3) is 7.09. The molecule has 2 rings (SSSR count). The van der Waals surface area contributed by atoms with Gasteiger partial charge in [0.1, 0.15) is 18.0 Å². The minimum Gasteiger partial charge on any atom is -0.369 e. The van der Waals surface area contributed by atoms with Crippen molar-refractivity contribution < 1.29 is 4.39 Å². The molecule has 0 unspecified atom stereocenters. The summed E-state index contributed by atoms with van der Waals surface area (Å²) in [7, 11) is 0. The zero-order chi connectivity index (χ0) is 17.9. The van der Waals surface area contributed by atoms with Gasteiger partial charge >= 0.3 is 0 Å². The van der Waals surface area contributed by atoms with Crippen molar-refractivity contribution in [1.82, 2.24) is 24.8 Å². The summed E-state index contributed by atoms with van der Waals surface area (Å²) in [6, 6.07) is 1.83. The van der Waals surface area contributed by atoms with E-state index >= 15 is 0 Å². The Kier molecular flexibility index (Phi) is 7.52. The molecule has 0 radical (unpaired) electrons. The third-order valence-electron chi connectivity index (χ3n) is 3.34. The maximum absolute atomic E-state index is 12.4. The molecule has 0 aromatic carbocycles. The molecule has 0 aliphatic heterocycles. The first-order valence-corrected chi connectivity index (χ1v) is 8.09. The third-order valence-corrected chi connectivity index (χ3v) is 3.34. The highest BCUT2D eigenvalue weighted by atomic mass is 19.1. The number of anilines is 1. The second-order valence-electron chi connectivity index (χ2n) is 5.46. The summed E-state index contributed by atoms with van der Waals surface area (Å²) in [6.45, 7) is 7.62. The minimum absolute atomic E-state index is 0.436. The van der Waals surface area contributed by atoms with Crippen LogP contribution in [0.2, 0.25) is 0 Å². The van der Waals surface area contributed by atoms with Crippen molar-refractivity contribution in [2.75, 3.05) is 25.0 Å². The van der Waals surface area contributed by atoms with E-state index in [9.17, 15) is 4.39 Å². The normalized spacial score (nSPS) is 11.8. The highest BCUT2D eigenvalue weighted by molar-refractivity contribution is 5.35. The largest absolute Gasteiger partial charge is 0.369 e. The van der Waals surface area contributed by atoms with E-state index in [-0.39, 0.29) is 0 Å². The van der Waals surface area contributed by atoms with E-state index in [0.717, 1.165) is 31.9 Å². The van der Waals surface area contributed by atoms with Gasteiger partial charge in [0, 0.05) is 31.7 Å². The molecule has 2 aromatic rings. The molecule has 0 bridgehead atoms. The van der Waals surface area contributed by atoms with Crippen molar-refractivity contribution in [3.8, 4) is 5.95 Å². The van der Waals surface area contributed by atoms with E-state index in [2.05, 4.69) is 32.2 Å².